The molecule has 0 saturated carbocycles. The lowest BCUT2D eigenvalue weighted by molar-refractivity contribution is -0.127. The van der Waals surface area contributed by atoms with Crippen molar-refractivity contribution in [2.45, 2.75) is 26.5 Å². The molecule has 5 nitrogen and oxygen atoms in total. The van der Waals surface area contributed by atoms with Crippen LogP contribution in [0, 0.1) is 12.7 Å². The van der Waals surface area contributed by atoms with Gasteiger partial charge in [-0.3, -0.25) is 4.79 Å². The third kappa shape index (κ3) is 4.24. The molecule has 1 atom stereocenters. The molecular formula is C15H16FN3O2. The van der Waals surface area contributed by atoms with Gasteiger partial charge in [0.15, 0.2) is 17.7 Å². The minimum atomic E-state index is -0.801. The van der Waals surface area contributed by atoms with Crippen LogP contribution in [0.25, 0.3) is 0 Å². The van der Waals surface area contributed by atoms with Crippen molar-refractivity contribution in [2.75, 3.05) is 0 Å². The predicted molar refractivity (Wildman–Crippen MR) is 75.1 cm³/mol. The van der Waals surface area contributed by atoms with Crippen LogP contribution in [0.15, 0.2) is 36.7 Å². The van der Waals surface area contributed by atoms with E-state index in [4.69, 9.17) is 4.74 Å². The number of rotatable bonds is 5. The third-order valence-corrected chi connectivity index (χ3v) is 2.81. The van der Waals surface area contributed by atoms with Gasteiger partial charge >= 0.3 is 0 Å². The fourth-order valence-corrected chi connectivity index (χ4v) is 1.71. The molecule has 0 saturated heterocycles. The molecule has 2 rings (SSSR count). The molecule has 1 aromatic heterocycles. The Kier molecular flexibility index (Phi) is 4.81. The van der Waals surface area contributed by atoms with E-state index in [1.165, 1.54) is 18.5 Å². The van der Waals surface area contributed by atoms with Crippen LogP contribution in [0.5, 0.6) is 5.75 Å². The number of halogens is 1. The first-order valence-corrected chi connectivity index (χ1v) is 6.52. The highest BCUT2D eigenvalue weighted by Gasteiger charge is 2.16. The normalized spacial score (nSPS) is 11.8. The van der Waals surface area contributed by atoms with E-state index in [1.807, 2.05) is 6.92 Å². The zero-order chi connectivity index (χ0) is 15.2. The highest BCUT2D eigenvalue weighted by Crippen LogP contribution is 2.16. The van der Waals surface area contributed by atoms with Gasteiger partial charge in [-0.15, -0.1) is 0 Å². The molecule has 110 valence electrons. The molecule has 1 N–H and O–H groups in total. The number of hydrogen-bond acceptors (Lipinski definition) is 4. The van der Waals surface area contributed by atoms with Crippen molar-refractivity contribution in [3.05, 3.63) is 53.9 Å². The predicted octanol–water partition coefficient (Wildman–Crippen LogP) is 2.01. The summed E-state index contributed by atoms with van der Waals surface area (Å²) in [5.41, 5.74) is 1.53. The molecule has 1 heterocycles. The van der Waals surface area contributed by atoms with E-state index < -0.39 is 11.9 Å². The molecule has 0 radical (unpaired) electrons. The van der Waals surface area contributed by atoms with Gasteiger partial charge in [-0.25, -0.2) is 14.4 Å². The Labute approximate surface area is 122 Å². The number of nitrogens with zero attached hydrogens (tertiary/aromatic N) is 2. The summed E-state index contributed by atoms with van der Waals surface area (Å²) in [6.07, 6.45) is 0.639. The molecule has 1 amide bonds. The molecular weight excluding hydrogens is 273 g/mol. The van der Waals surface area contributed by atoms with Crippen LogP contribution in [-0.2, 0) is 11.3 Å². The largest absolute Gasteiger partial charge is 0.478 e. The molecule has 0 aliphatic carbocycles. The van der Waals surface area contributed by atoms with Gasteiger partial charge in [0, 0.05) is 5.69 Å². The van der Waals surface area contributed by atoms with Crippen molar-refractivity contribution < 1.29 is 13.9 Å². The number of para-hydroxylation sites is 1. The maximum atomic E-state index is 13.4. The van der Waals surface area contributed by atoms with Gasteiger partial charge in [-0.1, -0.05) is 12.1 Å². The van der Waals surface area contributed by atoms with E-state index >= 15 is 0 Å². The summed E-state index contributed by atoms with van der Waals surface area (Å²) in [6.45, 7) is 3.68. The first-order chi connectivity index (χ1) is 10.1. The minimum Gasteiger partial charge on any atom is -0.478 e. The first kappa shape index (κ1) is 14.9. The van der Waals surface area contributed by atoms with Gasteiger partial charge in [-0.05, 0) is 32.0 Å². The molecule has 0 fully saturated rings. The van der Waals surface area contributed by atoms with Gasteiger partial charge in [0.25, 0.3) is 5.91 Å². The first-order valence-electron chi connectivity index (χ1n) is 6.52. The Morgan fingerprint density at radius 1 is 1.38 bits per heavy atom. The van der Waals surface area contributed by atoms with Gasteiger partial charge in [0.1, 0.15) is 6.33 Å². The fraction of sp³-hybridized carbons (Fsp3) is 0.267. The number of carbonyl (C=O) groups excluding carboxylic acids is 1. The van der Waals surface area contributed by atoms with Crippen LogP contribution in [0.3, 0.4) is 0 Å². The van der Waals surface area contributed by atoms with E-state index in [0.717, 1.165) is 5.69 Å². The third-order valence-electron chi connectivity index (χ3n) is 2.81. The highest BCUT2D eigenvalue weighted by atomic mass is 19.1. The standard InChI is InChI=1S/C15H16FN3O2/c1-10-7-12(19-9-18-10)8-17-15(20)11(2)21-14-6-4-3-5-13(14)16/h3-7,9,11H,8H2,1-2H3,(H,17,20). The molecule has 1 aromatic carbocycles. The molecule has 1 unspecified atom stereocenters. The van der Waals surface area contributed by atoms with Crippen LogP contribution < -0.4 is 10.1 Å². The molecule has 0 aliphatic rings. The number of nitrogens with one attached hydrogen (secondary N) is 1. The van der Waals surface area contributed by atoms with Crippen LogP contribution >= 0.6 is 0 Å². The summed E-state index contributed by atoms with van der Waals surface area (Å²) in [5.74, 6) is -0.781. The van der Waals surface area contributed by atoms with Crippen molar-refractivity contribution in [1.82, 2.24) is 15.3 Å². The van der Waals surface area contributed by atoms with E-state index in [-0.39, 0.29) is 18.2 Å². The Bertz CT molecular complexity index is 634. The van der Waals surface area contributed by atoms with Crippen LogP contribution in [-0.4, -0.2) is 22.0 Å². The molecule has 0 aliphatic heterocycles. The fourth-order valence-electron chi connectivity index (χ4n) is 1.71. The maximum Gasteiger partial charge on any atom is 0.261 e. The SMILES string of the molecule is Cc1cc(CNC(=O)C(C)Oc2ccccc2F)ncn1. The van der Waals surface area contributed by atoms with Crippen molar-refractivity contribution in [3.8, 4) is 5.75 Å². The van der Waals surface area contributed by atoms with Crippen molar-refractivity contribution >= 4 is 5.91 Å². The molecule has 6 heteroatoms. The summed E-state index contributed by atoms with van der Waals surface area (Å²) in [6, 6.07) is 7.75. The Hall–Kier alpha value is -2.50. The lowest BCUT2D eigenvalue weighted by Gasteiger charge is -2.15. The topological polar surface area (TPSA) is 64.1 Å². The molecule has 2 aromatic rings. The molecule has 21 heavy (non-hydrogen) atoms. The lowest BCUT2D eigenvalue weighted by atomic mass is 10.3. The summed E-state index contributed by atoms with van der Waals surface area (Å²) >= 11 is 0. The summed E-state index contributed by atoms with van der Waals surface area (Å²) in [4.78, 5) is 19.9. The zero-order valence-electron chi connectivity index (χ0n) is 11.8. The van der Waals surface area contributed by atoms with Crippen LogP contribution in [0.4, 0.5) is 4.39 Å². The lowest BCUT2D eigenvalue weighted by Crippen LogP contribution is -2.36. The summed E-state index contributed by atoms with van der Waals surface area (Å²) < 4.78 is 18.7. The number of hydrogen-bond donors (Lipinski definition) is 1. The van der Waals surface area contributed by atoms with Crippen molar-refractivity contribution in [3.63, 3.8) is 0 Å². The van der Waals surface area contributed by atoms with Crippen molar-refractivity contribution in [2.24, 2.45) is 0 Å². The maximum absolute atomic E-state index is 13.4. The molecule has 0 bridgehead atoms. The monoisotopic (exact) mass is 289 g/mol. The quantitative estimate of drug-likeness (QED) is 0.914. The highest BCUT2D eigenvalue weighted by molar-refractivity contribution is 5.80. The van der Waals surface area contributed by atoms with Gasteiger partial charge in [0.2, 0.25) is 0 Å². The van der Waals surface area contributed by atoms with E-state index in [2.05, 4.69) is 15.3 Å². The second kappa shape index (κ2) is 6.78. The average Bonchev–Trinajstić information content (AvgIpc) is 2.47. The Morgan fingerprint density at radius 3 is 2.86 bits per heavy atom. The van der Waals surface area contributed by atoms with Gasteiger partial charge in [0.05, 0.1) is 12.2 Å². The van der Waals surface area contributed by atoms with E-state index in [9.17, 15) is 9.18 Å². The smallest absolute Gasteiger partial charge is 0.261 e. The Morgan fingerprint density at radius 2 is 2.14 bits per heavy atom. The van der Waals surface area contributed by atoms with Gasteiger partial charge in [-0.2, -0.15) is 0 Å². The number of aryl methyl sites for hydroxylation is 1. The Balaban J connectivity index is 1.90. The second-order valence-electron chi connectivity index (χ2n) is 4.56. The average molecular weight is 289 g/mol. The number of aromatic nitrogens is 2. The van der Waals surface area contributed by atoms with Crippen LogP contribution in [0.1, 0.15) is 18.3 Å². The van der Waals surface area contributed by atoms with E-state index in [0.29, 0.717) is 5.69 Å². The number of ether oxygens (including phenoxy) is 1. The van der Waals surface area contributed by atoms with E-state index in [1.54, 1.807) is 25.1 Å². The van der Waals surface area contributed by atoms with Crippen molar-refractivity contribution in [1.29, 1.82) is 0 Å². The minimum absolute atomic E-state index is 0.0537. The summed E-state index contributed by atoms with van der Waals surface area (Å²) in [5, 5.41) is 2.69. The second-order valence-corrected chi connectivity index (χ2v) is 4.56. The zero-order valence-corrected chi connectivity index (χ0v) is 11.8. The molecule has 0 spiro atoms. The number of benzene rings is 1. The summed E-state index contributed by atoms with van der Waals surface area (Å²) in [7, 11) is 0. The van der Waals surface area contributed by atoms with Crippen LogP contribution in [0.2, 0.25) is 0 Å². The number of carbonyl (C=O) groups is 1. The number of amides is 1. The van der Waals surface area contributed by atoms with Gasteiger partial charge < -0.3 is 10.1 Å².